The van der Waals surface area contributed by atoms with Crippen LogP contribution in [0.25, 0.3) is 0 Å². The highest BCUT2D eigenvalue weighted by molar-refractivity contribution is 5.98. The summed E-state index contributed by atoms with van der Waals surface area (Å²) in [5.41, 5.74) is 0. The summed E-state index contributed by atoms with van der Waals surface area (Å²) in [6.07, 6.45) is -2.58. The van der Waals surface area contributed by atoms with Gasteiger partial charge in [-0.2, -0.15) is 5.21 Å². The smallest absolute Gasteiger partial charge is 0.360 e. The van der Waals surface area contributed by atoms with Crippen LogP contribution < -0.4 is 5.11 Å². The molecule has 1 aliphatic heterocycles. The SMILES string of the molecule is O=C([O-])[N+]1(O)C(=O)CCC1=O. The standard InChI is InChI=1S/C5H5NO5/c7-3-1-2-4(8)6(3,11)5(9)10/h11H,1-2H2. The van der Waals surface area contributed by atoms with Crippen molar-refractivity contribution in [1.82, 2.24) is 0 Å². The number of likely N-dealkylation sites (tertiary alicyclic amines) is 1. The van der Waals surface area contributed by atoms with E-state index in [1.54, 1.807) is 0 Å². The first-order valence-corrected chi connectivity index (χ1v) is 2.89. The highest BCUT2D eigenvalue weighted by Gasteiger charge is 2.52. The molecule has 6 nitrogen and oxygen atoms in total. The second-order valence-electron chi connectivity index (χ2n) is 2.19. The molecule has 1 N–H and O–H groups in total. The molecule has 6 heteroatoms. The van der Waals surface area contributed by atoms with Gasteiger partial charge in [0.15, 0.2) is 0 Å². The van der Waals surface area contributed by atoms with Gasteiger partial charge in [0, 0.05) is 0 Å². The molecule has 0 aliphatic carbocycles. The Hall–Kier alpha value is -1.27. The van der Waals surface area contributed by atoms with Crippen LogP contribution in [0.15, 0.2) is 0 Å². The Balaban J connectivity index is 3.08. The van der Waals surface area contributed by atoms with Crippen molar-refractivity contribution in [1.29, 1.82) is 0 Å². The fourth-order valence-electron chi connectivity index (χ4n) is 0.880. The van der Waals surface area contributed by atoms with Crippen molar-refractivity contribution in [2.24, 2.45) is 0 Å². The minimum Gasteiger partial charge on any atom is -0.495 e. The molecule has 0 radical (unpaired) electrons. The van der Waals surface area contributed by atoms with Crippen LogP contribution in [-0.2, 0) is 9.59 Å². The van der Waals surface area contributed by atoms with Crippen LogP contribution in [-0.4, -0.2) is 27.8 Å². The molecule has 1 rings (SSSR count). The zero-order chi connectivity index (χ0) is 8.65. The average molecular weight is 159 g/mol. The molecule has 0 aromatic rings. The lowest BCUT2D eigenvalue weighted by atomic mass is 10.4. The highest BCUT2D eigenvalue weighted by atomic mass is 16.6. The predicted octanol–water partition coefficient (Wildman–Crippen LogP) is -1.62. The van der Waals surface area contributed by atoms with Gasteiger partial charge in [-0.1, -0.05) is 0 Å². The summed E-state index contributed by atoms with van der Waals surface area (Å²) < 4.78 is -2.19. The Morgan fingerprint density at radius 1 is 1.36 bits per heavy atom. The molecular weight excluding hydrogens is 154 g/mol. The van der Waals surface area contributed by atoms with Crippen molar-refractivity contribution >= 4 is 17.9 Å². The van der Waals surface area contributed by atoms with Gasteiger partial charge in [0.05, 0.1) is 12.8 Å². The first-order valence-electron chi connectivity index (χ1n) is 2.89. The Morgan fingerprint density at radius 2 is 1.73 bits per heavy atom. The van der Waals surface area contributed by atoms with Gasteiger partial charge < -0.3 is 9.90 Å². The summed E-state index contributed by atoms with van der Waals surface area (Å²) >= 11 is 0. The zero-order valence-corrected chi connectivity index (χ0v) is 5.44. The van der Waals surface area contributed by atoms with E-state index in [9.17, 15) is 19.5 Å². The van der Waals surface area contributed by atoms with Gasteiger partial charge in [0.25, 0.3) is 0 Å². The van der Waals surface area contributed by atoms with E-state index in [0.717, 1.165) is 0 Å². The molecular formula is C5H5NO5. The lowest BCUT2D eigenvalue weighted by Gasteiger charge is -2.17. The number of hydrogen-bond donors (Lipinski definition) is 1. The highest BCUT2D eigenvalue weighted by Crippen LogP contribution is 2.18. The van der Waals surface area contributed by atoms with Gasteiger partial charge in [-0.3, -0.25) is 0 Å². The second-order valence-corrected chi connectivity index (χ2v) is 2.19. The molecule has 1 saturated heterocycles. The number of quaternary nitrogens is 1. The fraction of sp³-hybridized carbons (Fsp3) is 0.400. The van der Waals surface area contributed by atoms with E-state index in [1.807, 2.05) is 0 Å². The van der Waals surface area contributed by atoms with E-state index in [-0.39, 0.29) is 12.8 Å². The Bertz CT molecular complexity index is 229. The van der Waals surface area contributed by atoms with E-state index >= 15 is 0 Å². The summed E-state index contributed by atoms with van der Waals surface area (Å²) in [6, 6.07) is 0. The lowest BCUT2D eigenvalue weighted by molar-refractivity contribution is -0.922. The van der Waals surface area contributed by atoms with E-state index in [4.69, 9.17) is 5.21 Å². The van der Waals surface area contributed by atoms with Gasteiger partial charge >= 0.3 is 17.9 Å². The second kappa shape index (κ2) is 2.11. The molecule has 0 bridgehead atoms. The van der Waals surface area contributed by atoms with Gasteiger partial charge in [0.1, 0.15) is 0 Å². The maximum Gasteiger partial charge on any atom is 0.360 e. The van der Waals surface area contributed by atoms with Gasteiger partial charge in [0.2, 0.25) is 0 Å². The van der Waals surface area contributed by atoms with Gasteiger partial charge in [-0.25, -0.2) is 9.59 Å². The van der Waals surface area contributed by atoms with Crippen molar-refractivity contribution in [3.8, 4) is 0 Å². The predicted molar refractivity (Wildman–Crippen MR) is 26.7 cm³/mol. The van der Waals surface area contributed by atoms with Crippen LogP contribution in [0, 0.1) is 0 Å². The lowest BCUT2D eigenvalue weighted by Crippen LogP contribution is -2.59. The van der Waals surface area contributed by atoms with Crippen LogP contribution in [0.1, 0.15) is 12.8 Å². The molecule has 0 aromatic carbocycles. The normalized spacial score (nSPS) is 22.3. The largest absolute Gasteiger partial charge is 0.495 e. The van der Waals surface area contributed by atoms with E-state index in [1.165, 1.54) is 0 Å². The monoisotopic (exact) mass is 159 g/mol. The summed E-state index contributed by atoms with van der Waals surface area (Å²) in [5, 5.41) is 19.0. The molecule has 0 saturated carbocycles. The summed E-state index contributed by atoms with van der Waals surface area (Å²) in [7, 11) is 0. The quantitative estimate of drug-likeness (QED) is 0.260. The summed E-state index contributed by atoms with van der Waals surface area (Å²) in [4.78, 5) is 31.4. The van der Waals surface area contributed by atoms with Crippen LogP contribution >= 0.6 is 0 Å². The number of hydroxylamine groups is 3. The Kier molecular flexibility index (Phi) is 1.50. The number of carboxylic acid groups (broad SMARTS) is 1. The van der Waals surface area contributed by atoms with Crippen LogP contribution in [0.5, 0.6) is 0 Å². The zero-order valence-electron chi connectivity index (χ0n) is 5.44. The molecule has 11 heavy (non-hydrogen) atoms. The first-order chi connectivity index (χ1) is 4.99. The van der Waals surface area contributed by atoms with Crippen molar-refractivity contribution in [3.63, 3.8) is 0 Å². The third-order valence-electron chi connectivity index (χ3n) is 1.54. The van der Waals surface area contributed by atoms with Crippen LogP contribution in [0.3, 0.4) is 0 Å². The first kappa shape index (κ1) is 7.83. The van der Waals surface area contributed by atoms with Gasteiger partial charge in [-0.05, 0) is 4.65 Å². The maximum atomic E-state index is 10.6. The Labute approximate surface area is 61.2 Å². The van der Waals surface area contributed by atoms with Crippen molar-refractivity contribution in [2.75, 3.05) is 0 Å². The molecule has 1 heterocycles. The average Bonchev–Trinajstić information content (AvgIpc) is 2.18. The number of imide groups is 3. The van der Waals surface area contributed by atoms with E-state index in [2.05, 4.69) is 0 Å². The third-order valence-corrected chi connectivity index (χ3v) is 1.54. The fourth-order valence-corrected chi connectivity index (χ4v) is 0.880. The summed E-state index contributed by atoms with van der Waals surface area (Å²) in [5.74, 6) is -2.09. The maximum absolute atomic E-state index is 10.6. The molecule has 0 unspecified atom stereocenters. The van der Waals surface area contributed by atoms with Crippen LogP contribution in [0.2, 0.25) is 0 Å². The number of carbonyl (C=O) groups is 3. The van der Waals surface area contributed by atoms with E-state index < -0.39 is 22.6 Å². The molecule has 0 spiro atoms. The minimum atomic E-state index is -2.19. The minimum absolute atomic E-state index is 0.247. The molecule has 1 aliphatic rings. The number of nitrogens with zero attached hydrogens (tertiary/aromatic N) is 1. The third kappa shape index (κ3) is 0.837. The topological polar surface area (TPSA) is 94.5 Å². The number of amides is 3. The van der Waals surface area contributed by atoms with E-state index in [0.29, 0.717) is 0 Å². The van der Waals surface area contributed by atoms with Crippen molar-refractivity contribution < 1.29 is 29.3 Å². The van der Waals surface area contributed by atoms with Crippen molar-refractivity contribution in [2.45, 2.75) is 12.8 Å². The number of rotatable bonds is 0. The molecule has 3 amide bonds. The Morgan fingerprint density at radius 3 is 1.91 bits per heavy atom. The van der Waals surface area contributed by atoms with Crippen molar-refractivity contribution in [3.05, 3.63) is 0 Å². The van der Waals surface area contributed by atoms with Gasteiger partial charge in [-0.15, -0.1) is 0 Å². The molecule has 0 aromatic heterocycles. The van der Waals surface area contributed by atoms with Crippen LogP contribution in [0.4, 0.5) is 4.79 Å². The molecule has 0 atom stereocenters. The number of carbonyl (C=O) groups excluding carboxylic acids is 3. The molecule has 60 valence electrons. The summed E-state index contributed by atoms with van der Waals surface area (Å²) in [6.45, 7) is 0. The molecule has 1 fully saturated rings. The number of hydrogen-bond acceptors (Lipinski definition) is 5.